The maximum Gasteiger partial charge on any atom is 0.332 e. The minimum absolute atomic E-state index is 0.285. The molecule has 8 heteroatoms. The topological polar surface area (TPSA) is 90.9 Å². The Morgan fingerprint density at radius 3 is 2.33 bits per heavy atom. The molecule has 1 aromatic carbocycles. The van der Waals surface area contributed by atoms with Gasteiger partial charge in [-0.25, -0.2) is 14.3 Å². The van der Waals surface area contributed by atoms with Gasteiger partial charge >= 0.3 is 5.69 Å². The summed E-state index contributed by atoms with van der Waals surface area (Å²) in [5.41, 5.74) is 2.29. The van der Waals surface area contributed by atoms with Crippen LogP contribution in [0.25, 0.3) is 11.2 Å². The molecule has 0 aliphatic rings. The first-order valence-electron chi connectivity index (χ1n) is 8.90. The van der Waals surface area contributed by atoms with Gasteiger partial charge in [0.1, 0.15) is 6.54 Å². The summed E-state index contributed by atoms with van der Waals surface area (Å²) in [5, 5.41) is 2.89. The fourth-order valence-corrected chi connectivity index (χ4v) is 3.26. The second-order valence-corrected chi connectivity index (χ2v) is 6.47. The van der Waals surface area contributed by atoms with Crippen molar-refractivity contribution in [3.63, 3.8) is 0 Å². The third-order valence-corrected chi connectivity index (χ3v) is 4.77. The summed E-state index contributed by atoms with van der Waals surface area (Å²) < 4.78 is 3.77. The molecule has 27 heavy (non-hydrogen) atoms. The third-order valence-electron chi connectivity index (χ3n) is 4.77. The van der Waals surface area contributed by atoms with Gasteiger partial charge in [0, 0.05) is 19.8 Å². The molecule has 0 aliphatic heterocycles. The van der Waals surface area contributed by atoms with Crippen LogP contribution in [-0.4, -0.2) is 24.6 Å². The molecule has 0 spiro atoms. The number of hydrogen-bond donors (Lipinski definition) is 1. The van der Waals surface area contributed by atoms with Crippen LogP contribution in [0.1, 0.15) is 25.0 Å². The second kappa shape index (κ2) is 7.22. The van der Waals surface area contributed by atoms with E-state index in [0.29, 0.717) is 5.65 Å². The predicted octanol–water partition coefficient (Wildman–Crippen LogP) is 1.20. The van der Waals surface area contributed by atoms with Crippen molar-refractivity contribution in [1.29, 1.82) is 0 Å². The molecule has 1 N–H and O–H groups in total. The molecule has 0 fully saturated rings. The standard InChI is InChI=1S/C19H23N5O3/c1-5-12-8-7-9-13(6-2)15(12)21-14(25)10-24-18(26)16-17(20-11-22(16)3)23(4)19(24)27/h7-9,11H,5-6,10H2,1-4H3,(H,21,25). The number of rotatable bonds is 5. The minimum Gasteiger partial charge on any atom is -0.328 e. The average Bonchev–Trinajstić information content (AvgIpc) is 3.05. The number of aromatic nitrogens is 4. The fourth-order valence-electron chi connectivity index (χ4n) is 3.26. The van der Waals surface area contributed by atoms with Gasteiger partial charge in [-0.3, -0.25) is 14.2 Å². The van der Waals surface area contributed by atoms with Gasteiger partial charge in [0.25, 0.3) is 5.56 Å². The van der Waals surface area contributed by atoms with Gasteiger partial charge in [-0.05, 0) is 24.0 Å². The van der Waals surface area contributed by atoms with Gasteiger partial charge in [-0.1, -0.05) is 32.0 Å². The lowest BCUT2D eigenvalue weighted by Crippen LogP contribution is -2.42. The molecule has 2 heterocycles. The third kappa shape index (κ3) is 3.18. The fraction of sp³-hybridized carbons (Fsp3) is 0.368. The van der Waals surface area contributed by atoms with Crippen LogP contribution in [0.2, 0.25) is 0 Å². The quantitative estimate of drug-likeness (QED) is 0.732. The van der Waals surface area contributed by atoms with Crippen LogP contribution in [0, 0.1) is 0 Å². The molecule has 0 atom stereocenters. The number of anilines is 1. The first-order valence-corrected chi connectivity index (χ1v) is 8.90. The van der Waals surface area contributed by atoms with E-state index in [9.17, 15) is 14.4 Å². The number of fused-ring (bicyclic) bond motifs is 1. The predicted molar refractivity (Wildman–Crippen MR) is 104 cm³/mol. The van der Waals surface area contributed by atoms with Gasteiger partial charge < -0.3 is 9.88 Å². The van der Waals surface area contributed by atoms with Crippen LogP contribution in [0.4, 0.5) is 5.69 Å². The second-order valence-electron chi connectivity index (χ2n) is 6.47. The Labute approximate surface area is 156 Å². The lowest BCUT2D eigenvalue weighted by molar-refractivity contribution is -0.116. The first-order chi connectivity index (χ1) is 12.9. The summed E-state index contributed by atoms with van der Waals surface area (Å²) in [6, 6.07) is 5.88. The van der Waals surface area contributed by atoms with Crippen molar-refractivity contribution >= 4 is 22.8 Å². The highest BCUT2D eigenvalue weighted by Crippen LogP contribution is 2.22. The maximum absolute atomic E-state index is 12.7. The lowest BCUT2D eigenvalue weighted by atomic mass is 10.0. The molecule has 3 aromatic rings. The largest absolute Gasteiger partial charge is 0.332 e. The average molecular weight is 369 g/mol. The van der Waals surface area contributed by atoms with Crippen LogP contribution in [0.5, 0.6) is 0 Å². The summed E-state index contributed by atoms with van der Waals surface area (Å²) in [4.78, 5) is 42.0. The summed E-state index contributed by atoms with van der Waals surface area (Å²) in [5.74, 6) is -0.411. The van der Waals surface area contributed by atoms with E-state index in [1.807, 2.05) is 32.0 Å². The Morgan fingerprint density at radius 1 is 1.11 bits per heavy atom. The normalized spacial score (nSPS) is 11.1. The van der Waals surface area contributed by atoms with Gasteiger partial charge in [0.15, 0.2) is 11.2 Å². The van der Waals surface area contributed by atoms with E-state index in [1.54, 1.807) is 11.6 Å². The number of nitrogens with zero attached hydrogens (tertiary/aromatic N) is 4. The van der Waals surface area contributed by atoms with Crippen LogP contribution < -0.4 is 16.6 Å². The molecule has 0 saturated carbocycles. The highest BCUT2D eigenvalue weighted by molar-refractivity contribution is 5.92. The number of imidazole rings is 1. The smallest absolute Gasteiger partial charge is 0.328 e. The molecule has 0 bridgehead atoms. The summed E-state index contributed by atoms with van der Waals surface area (Å²) in [6.45, 7) is 3.68. The number of nitrogens with one attached hydrogen (secondary N) is 1. The number of carbonyl (C=O) groups is 1. The lowest BCUT2D eigenvalue weighted by Gasteiger charge is -2.15. The van der Waals surface area contributed by atoms with Gasteiger partial charge in [0.05, 0.1) is 6.33 Å². The van der Waals surface area contributed by atoms with Crippen molar-refractivity contribution in [2.45, 2.75) is 33.2 Å². The van der Waals surface area contributed by atoms with Gasteiger partial charge in [0.2, 0.25) is 5.91 Å². The van der Waals surface area contributed by atoms with Gasteiger partial charge in [-0.15, -0.1) is 0 Å². The van der Waals surface area contributed by atoms with Crippen LogP contribution in [-0.2, 0) is 38.3 Å². The molecule has 2 aromatic heterocycles. The highest BCUT2D eigenvalue weighted by atomic mass is 16.2. The number of aryl methyl sites for hydroxylation is 4. The molecule has 0 unspecified atom stereocenters. The minimum atomic E-state index is -0.569. The molecular formula is C19H23N5O3. The Kier molecular flexibility index (Phi) is 4.98. The zero-order valence-corrected chi connectivity index (χ0v) is 15.9. The highest BCUT2D eigenvalue weighted by Gasteiger charge is 2.18. The number of benzene rings is 1. The summed E-state index contributed by atoms with van der Waals surface area (Å²) in [7, 11) is 3.21. The Morgan fingerprint density at radius 2 is 1.74 bits per heavy atom. The van der Waals surface area contributed by atoms with E-state index in [4.69, 9.17) is 0 Å². The van der Waals surface area contributed by atoms with Gasteiger partial charge in [-0.2, -0.15) is 0 Å². The molecule has 1 amide bonds. The van der Waals surface area contributed by atoms with Crippen LogP contribution in [0.3, 0.4) is 0 Å². The summed E-state index contributed by atoms with van der Waals surface area (Å²) >= 11 is 0. The van der Waals surface area contributed by atoms with Crippen LogP contribution in [0.15, 0.2) is 34.1 Å². The van der Waals surface area contributed by atoms with Crippen molar-refractivity contribution in [3.05, 3.63) is 56.5 Å². The first kappa shape index (κ1) is 18.6. The maximum atomic E-state index is 12.7. The van der Waals surface area contributed by atoms with E-state index >= 15 is 0 Å². The number of hydrogen-bond acceptors (Lipinski definition) is 4. The molecule has 0 aliphatic carbocycles. The number of carbonyl (C=O) groups excluding carboxylic acids is 1. The molecule has 3 rings (SSSR count). The van der Waals surface area contributed by atoms with E-state index in [0.717, 1.165) is 34.2 Å². The zero-order valence-electron chi connectivity index (χ0n) is 15.9. The number of amides is 1. The Hall–Kier alpha value is -3.16. The molecule has 8 nitrogen and oxygen atoms in total. The zero-order chi connectivity index (χ0) is 19.7. The molecule has 0 radical (unpaired) electrons. The van der Waals surface area contributed by atoms with E-state index in [-0.39, 0.29) is 12.1 Å². The molecule has 0 saturated heterocycles. The van der Waals surface area contributed by atoms with E-state index in [2.05, 4.69) is 10.3 Å². The monoisotopic (exact) mass is 369 g/mol. The SMILES string of the molecule is CCc1cccc(CC)c1NC(=O)Cn1c(=O)c2c(ncn2C)n(C)c1=O. The Bertz CT molecular complexity index is 1110. The van der Waals surface area contributed by atoms with Crippen molar-refractivity contribution in [3.8, 4) is 0 Å². The Balaban J connectivity index is 2.00. The van der Waals surface area contributed by atoms with E-state index < -0.39 is 17.2 Å². The number of para-hydroxylation sites is 1. The van der Waals surface area contributed by atoms with Crippen LogP contribution >= 0.6 is 0 Å². The van der Waals surface area contributed by atoms with Crippen molar-refractivity contribution < 1.29 is 4.79 Å². The molecular weight excluding hydrogens is 346 g/mol. The van der Waals surface area contributed by atoms with Crippen molar-refractivity contribution in [1.82, 2.24) is 18.7 Å². The summed E-state index contributed by atoms with van der Waals surface area (Å²) in [6.07, 6.45) is 3.01. The van der Waals surface area contributed by atoms with Crippen molar-refractivity contribution in [2.24, 2.45) is 14.1 Å². The molecule has 142 valence electrons. The van der Waals surface area contributed by atoms with Crippen molar-refractivity contribution in [2.75, 3.05) is 5.32 Å². The van der Waals surface area contributed by atoms with E-state index in [1.165, 1.54) is 17.9 Å².